The molecule has 2 N–H and O–H groups in total. The summed E-state index contributed by atoms with van der Waals surface area (Å²) in [5.74, 6) is -1.77. The van der Waals surface area contributed by atoms with E-state index < -0.39 is 24.4 Å². The molecule has 0 aliphatic rings. The molecule has 25 heavy (non-hydrogen) atoms. The fourth-order valence-corrected chi connectivity index (χ4v) is 2.53. The Morgan fingerprint density at radius 3 is 2.56 bits per heavy atom. The van der Waals surface area contributed by atoms with Crippen LogP contribution in [0.25, 0.3) is 21.7 Å². The molecule has 0 aliphatic heterocycles. The number of esters is 1. The summed E-state index contributed by atoms with van der Waals surface area (Å²) in [5.41, 5.74) is 5.46. The first-order chi connectivity index (χ1) is 12.0. The van der Waals surface area contributed by atoms with E-state index in [-0.39, 0.29) is 5.76 Å². The minimum Gasteiger partial charge on any atom is -0.450 e. The van der Waals surface area contributed by atoms with Gasteiger partial charge in [0, 0.05) is 23.3 Å². The van der Waals surface area contributed by atoms with Crippen LogP contribution in [0.1, 0.15) is 23.0 Å². The third-order valence-electron chi connectivity index (χ3n) is 3.73. The number of carbonyl (C=O) groups excluding carboxylic acids is 3. The maximum Gasteiger partial charge on any atom is 0.375 e. The summed E-state index contributed by atoms with van der Waals surface area (Å²) < 4.78 is 10.7. The summed E-state index contributed by atoms with van der Waals surface area (Å²) in [6.45, 7) is 2.47. The summed E-state index contributed by atoms with van der Waals surface area (Å²) in [6.07, 6.45) is 0. The Morgan fingerprint density at radius 2 is 1.80 bits per heavy atom. The van der Waals surface area contributed by atoms with Crippen LogP contribution in [-0.2, 0) is 14.3 Å². The van der Waals surface area contributed by atoms with Gasteiger partial charge in [0.25, 0.3) is 5.91 Å². The van der Waals surface area contributed by atoms with Gasteiger partial charge in [0.05, 0.1) is 0 Å². The van der Waals surface area contributed by atoms with Crippen LogP contribution in [0.15, 0.2) is 40.8 Å². The largest absolute Gasteiger partial charge is 0.450 e. The summed E-state index contributed by atoms with van der Waals surface area (Å²) in [6, 6.07) is 11.5. The first-order valence-electron chi connectivity index (χ1n) is 7.61. The lowest BCUT2D eigenvalue weighted by Crippen LogP contribution is -2.42. The Balaban J connectivity index is 1.82. The monoisotopic (exact) mass is 340 g/mol. The number of nitrogens with one attached hydrogen (secondary N) is 2. The van der Waals surface area contributed by atoms with E-state index in [9.17, 15) is 14.4 Å². The summed E-state index contributed by atoms with van der Waals surface area (Å²) >= 11 is 0. The van der Waals surface area contributed by atoms with Crippen LogP contribution < -0.4 is 10.9 Å². The predicted molar refractivity (Wildman–Crippen MR) is 90.7 cm³/mol. The Labute approximate surface area is 142 Å². The van der Waals surface area contributed by atoms with Crippen molar-refractivity contribution in [3.63, 3.8) is 0 Å². The second kappa shape index (κ2) is 6.64. The summed E-state index contributed by atoms with van der Waals surface area (Å²) in [4.78, 5) is 34.4. The zero-order chi connectivity index (χ0) is 18.0. The fraction of sp³-hybridized carbons (Fsp3) is 0.167. The van der Waals surface area contributed by atoms with Gasteiger partial charge >= 0.3 is 5.97 Å². The number of hydrazine groups is 1. The smallest absolute Gasteiger partial charge is 0.375 e. The molecule has 0 saturated heterocycles. The predicted octanol–water partition coefficient (Wildman–Crippen LogP) is 2.22. The number of fused-ring (bicyclic) bond motifs is 3. The van der Waals surface area contributed by atoms with Gasteiger partial charge in [-0.15, -0.1) is 0 Å². The van der Waals surface area contributed by atoms with Crippen LogP contribution in [0, 0.1) is 6.92 Å². The van der Waals surface area contributed by atoms with Crippen molar-refractivity contribution in [2.45, 2.75) is 13.8 Å². The number of hydrogen-bond donors (Lipinski definition) is 2. The van der Waals surface area contributed by atoms with Gasteiger partial charge in [0.1, 0.15) is 5.58 Å². The lowest BCUT2D eigenvalue weighted by molar-refractivity contribution is -0.129. The number of aryl methyl sites for hydroxylation is 1. The highest BCUT2D eigenvalue weighted by Crippen LogP contribution is 2.31. The number of amides is 2. The van der Waals surface area contributed by atoms with Crippen LogP contribution in [0.4, 0.5) is 0 Å². The van der Waals surface area contributed by atoms with Crippen molar-refractivity contribution in [2.24, 2.45) is 0 Å². The Bertz CT molecular complexity index is 990. The Kier molecular flexibility index (Phi) is 4.38. The molecule has 128 valence electrons. The Hall–Kier alpha value is -3.35. The molecule has 1 heterocycles. The van der Waals surface area contributed by atoms with Gasteiger partial charge in [-0.1, -0.05) is 36.4 Å². The molecule has 7 heteroatoms. The van der Waals surface area contributed by atoms with Gasteiger partial charge in [-0.05, 0) is 12.3 Å². The van der Waals surface area contributed by atoms with Crippen molar-refractivity contribution in [3.8, 4) is 0 Å². The van der Waals surface area contributed by atoms with Gasteiger partial charge in [0.2, 0.25) is 11.7 Å². The van der Waals surface area contributed by atoms with Crippen LogP contribution in [-0.4, -0.2) is 24.4 Å². The highest BCUT2D eigenvalue weighted by molar-refractivity contribution is 6.08. The lowest BCUT2D eigenvalue weighted by Gasteiger charge is -2.05. The van der Waals surface area contributed by atoms with Crippen LogP contribution in [0.3, 0.4) is 0 Å². The first kappa shape index (κ1) is 16.5. The van der Waals surface area contributed by atoms with E-state index in [2.05, 4.69) is 10.9 Å². The van der Waals surface area contributed by atoms with E-state index >= 15 is 0 Å². The van der Waals surface area contributed by atoms with Crippen molar-refractivity contribution < 1.29 is 23.5 Å². The summed E-state index contributed by atoms with van der Waals surface area (Å²) in [7, 11) is 0. The highest BCUT2D eigenvalue weighted by atomic mass is 16.5. The molecule has 1 aromatic heterocycles. The highest BCUT2D eigenvalue weighted by Gasteiger charge is 2.21. The molecular weight excluding hydrogens is 324 g/mol. The van der Waals surface area contributed by atoms with Gasteiger partial charge in [-0.2, -0.15) is 0 Å². The number of carbonyl (C=O) groups is 3. The van der Waals surface area contributed by atoms with E-state index in [4.69, 9.17) is 9.15 Å². The topological polar surface area (TPSA) is 97.6 Å². The average Bonchev–Trinajstić information content (AvgIpc) is 2.95. The van der Waals surface area contributed by atoms with Crippen LogP contribution in [0.5, 0.6) is 0 Å². The number of hydrogen-bond acceptors (Lipinski definition) is 5. The average molecular weight is 340 g/mol. The molecule has 2 aromatic carbocycles. The molecule has 0 bridgehead atoms. The fourth-order valence-electron chi connectivity index (χ4n) is 2.53. The molecule has 3 rings (SSSR count). The molecule has 2 amide bonds. The van der Waals surface area contributed by atoms with E-state index in [1.807, 2.05) is 36.4 Å². The van der Waals surface area contributed by atoms with Gasteiger partial charge in [-0.3, -0.25) is 20.4 Å². The zero-order valence-corrected chi connectivity index (χ0v) is 13.7. The van der Waals surface area contributed by atoms with E-state index in [0.29, 0.717) is 11.1 Å². The number of ether oxygens (including phenoxy) is 1. The molecule has 7 nitrogen and oxygen atoms in total. The third-order valence-corrected chi connectivity index (χ3v) is 3.73. The van der Waals surface area contributed by atoms with Crippen molar-refractivity contribution >= 4 is 39.5 Å². The molecule has 3 aromatic rings. The summed E-state index contributed by atoms with van der Waals surface area (Å²) in [5, 5.41) is 2.71. The number of furan rings is 1. The molecule has 0 unspecified atom stereocenters. The minimum atomic E-state index is -0.740. The minimum absolute atomic E-state index is 0.0543. The maximum absolute atomic E-state index is 12.2. The van der Waals surface area contributed by atoms with Crippen molar-refractivity contribution in [1.82, 2.24) is 10.9 Å². The van der Waals surface area contributed by atoms with E-state index in [0.717, 1.165) is 16.2 Å². The van der Waals surface area contributed by atoms with Gasteiger partial charge in [0.15, 0.2) is 6.61 Å². The van der Waals surface area contributed by atoms with Gasteiger partial charge in [-0.25, -0.2) is 4.79 Å². The van der Waals surface area contributed by atoms with Crippen molar-refractivity contribution in [1.29, 1.82) is 0 Å². The van der Waals surface area contributed by atoms with Crippen LogP contribution >= 0.6 is 0 Å². The number of benzene rings is 2. The second-order valence-electron chi connectivity index (χ2n) is 5.53. The Morgan fingerprint density at radius 1 is 1.04 bits per heavy atom. The van der Waals surface area contributed by atoms with Crippen molar-refractivity contribution in [2.75, 3.05) is 6.61 Å². The second-order valence-corrected chi connectivity index (χ2v) is 5.53. The van der Waals surface area contributed by atoms with Crippen molar-refractivity contribution in [3.05, 3.63) is 47.7 Å². The quantitative estimate of drug-likeness (QED) is 0.563. The normalized spacial score (nSPS) is 10.6. The molecule has 0 fully saturated rings. The van der Waals surface area contributed by atoms with Gasteiger partial charge < -0.3 is 9.15 Å². The van der Waals surface area contributed by atoms with E-state index in [1.165, 1.54) is 6.92 Å². The number of rotatable bonds is 3. The SMILES string of the molecule is CC(=O)NNC(=O)COC(=O)c1oc2c(ccc3ccccc32)c1C. The van der Waals surface area contributed by atoms with Crippen LogP contribution in [0.2, 0.25) is 0 Å². The zero-order valence-electron chi connectivity index (χ0n) is 13.7. The molecule has 0 atom stereocenters. The first-order valence-corrected chi connectivity index (χ1v) is 7.61. The standard InChI is InChI=1S/C18H16N2O5/c1-10-13-8-7-12-5-3-4-6-14(12)17(13)25-16(10)18(23)24-9-15(22)20-19-11(2)21/h3-8H,9H2,1-2H3,(H,19,21)(H,20,22). The molecular formula is C18H16N2O5. The lowest BCUT2D eigenvalue weighted by atomic mass is 10.1. The molecule has 0 saturated carbocycles. The maximum atomic E-state index is 12.2. The molecule has 0 aliphatic carbocycles. The van der Waals surface area contributed by atoms with E-state index in [1.54, 1.807) is 6.92 Å². The third kappa shape index (κ3) is 3.30. The molecule has 0 radical (unpaired) electrons. The molecule has 0 spiro atoms.